The number of benzene rings is 1. The number of non-ortho nitro benzene ring substituents is 1. The molecule has 0 spiro atoms. The average Bonchev–Trinajstić information content (AvgIpc) is 2.71. The molecule has 0 fully saturated rings. The summed E-state index contributed by atoms with van der Waals surface area (Å²) in [5.74, 6) is 0.260. The molecule has 1 aromatic heterocycles. The Morgan fingerprint density at radius 1 is 1.42 bits per heavy atom. The number of thioether (sulfide) groups is 1. The first-order chi connectivity index (χ1) is 9.08. The molecule has 100 valence electrons. The van der Waals surface area contributed by atoms with E-state index in [2.05, 4.69) is 9.79 Å². The van der Waals surface area contributed by atoms with E-state index < -0.39 is 10.9 Å². The van der Waals surface area contributed by atoms with Gasteiger partial charge in [0.25, 0.3) is 5.69 Å². The molecular formula is C11H11N3O4S. The lowest BCUT2D eigenvalue weighted by Crippen LogP contribution is -2.39. The van der Waals surface area contributed by atoms with E-state index >= 15 is 0 Å². The fraction of sp³-hybridized carbons (Fsp3) is 0.273. The first kappa shape index (κ1) is 13.3. The zero-order chi connectivity index (χ0) is 13.8. The lowest BCUT2D eigenvalue weighted by molar-refractivity contribution is -0.763. The van der Waals surface area contributed by atoms with E-state index in [0.717, 1.165) is 4.90 Å². The van der Waals surface area contributed by atoms with Gasteiger partial charge in [0.1, 0.15) is 0 Å². The van der Waals surface area contributed by atoms with Crippen LogP contribution in [0, 0.1) is 17.0 Å². The number of rotatable bonds is 5. The third-order valence-electron chi connectivity index (χ3n) is 2.52. The summed E-state index contributed by atoms with van der Waals surface area (Å²) in [4.78, 5) is 11.0. The number of aromatic nitrogens is 2. The number of aryl methyl sites for hydroxylation is 1. The van der Waals surface area contributed by atoms with Crippen LogP contribution in [0.2, 0.25) is 0 Å². The summed E-state index contributed by atoms with van der Waals surface area (Å²) in [6, 6.07) is 6.32. The van der Waals surface area contributed by atoms with E-state index in [1.54, 1.807) is 19.1 Å². The Morgan fingerprint density at radius 2 is 2.11 bits per heavy atom. The largest absolute Gasteiger partial charge is 0.539 e. The van der Waals surface area contributed by atoms with E-state index in [9.17, 15) is 15.2 Å². The highest BCUT2D eigenvalue weighted by atomic mass is 32.2. The van der Waals surface area contributed by atoms with Gasteiger partial charge in [0.15, 0.2) is 12.5 Å². The van der Waals surface area contributed by atoms with Crippen LogP contribution < -0.4 is 9.79 Å². The van der Waals surface area contributed by atoms with Crippen molar-refractivity contribution in [1.29, 1.82) is 0 Å². The molecule has 0 atom stereocenters. The molecule has 2 aromatic rings. The molecule has 0 unspecified atom stereocenters. The van der Waals surface area contributed by atoms with Crippen molar-refractivity contribution >= 4 is 17.4 Å². The second-order valence-electron chi connectivity index (χ2n) is 3.77. The normalized spacial score (nSPS) is 10.6. The topological polar surface area (TPSA) is 96.1 Å². The Kier molecular flexibility index (Phi) is 4.00. The van der Waals surface area contributed by atoms with Crippen molar-refractivity contribution in [2.75, 3.05) is 5.75 Å². The van der Waals surface area contributed by atoms with E-state index in [0.29, 0.717) is 18.0 Å². The molecule has 0 saturated carbocycles. The lowest BCUT2D eigenvalue weighted by atomic mass is 10.3. The molecule has 8 heteroatoms. The third kappa shape index (κ3) is 3.22. The van der Waals surface area contributed by atoms with Gasteiger partial charge in [-0.1, -0.05) is 4.68 Å². The van der Waals surface area contributed by atoms with Crippen molar-refractivity contribution in [2.45, 2.75) is 18.4 Å². The second-order valence-corrected chi connectivity index (χ2v) is 4.94. The highest BCUT2D eigenvalue weighted by Crippen LogP contribution is 2.21. The van der Waals surface area contributed by atoms with Crippen molar-refractivity contribution in [3.05, 3.63) is 40.1 Å². The molecule has 1 heterocycles. The summed E-state index contributed by atoms with van der Waals surface area (Å²) in [5.41, 5.74) is 0.534. The van der Waals surface area contributed by atoms with Gasteiger partial charge in [-0.2, -0.15) is 0 Å². The predicted molar refractivity (Wildman–Crippen MR) is 64.7 cm³/mol. The molecule has 0 radical (unpaired) electrons. The molecule has 0 aliphatic rings. The van der Waals surface area contributed by atoms with Gasteiger partial charge in [0.2, 0.25) is 5.69 Å². The standard InChI is InChI=1S/C11H11N3O4S/c1-8-11(15)18-12-13(8)6-7-19-10-4-2-9(3-5-10)14(16)17/h2-5H,6-7H2,1H3. The van der Waals surface area contributed by atoms with Gasteiger partial charge < -0.3 is 9.63 Å². The van der Waals surface area contributed by atoms with Crippen molar-refractivity contribution in [2.24, 2.45) is 0 Å². The fourth-order valence-electron chi connectivity index (χ4n) is 1.44. The van der Waals surface area contributed by atoms with Crippen LogP contribution in [0.4, 0.5) is 5.69 Å². The van der Waals surface area contributed by atoms with Gasteiger partial charge in [0.05, 0.1) is 15.9 Å². The summed E-state index contributed by atoms with van der Waals surface area (Å²) in [6.07, 6.45) is 0. The summed E-state index contributed by atoms with van der Waals surface area (Å²) < 4.78 is 6.01. The predicted octanol–water partition coefficient (Wildman–Crippen LogP) is 1.04. The Bertz CT molecular complexity index is 582. The number of nitrogens with zero attached hydrogens (tertiary/aromatic N) is 3. The third-order valence-corrected chi connectivity index (χ3v) is 3.52. The maximum atomic E-state index is 11.1. The van der Waals surface area contributed by atoms with Crippen LogP contribution in [0.5, 0.6) is 5.95 Å². The molecule has 0 aliphatic carbocycles. The maximum absolute atomic E-state index is 11.1. The van der Waals surface area contributed by atoms with Crippen molar-refractivity contribution < 1.29 is 19.2 Å². The summed E-state index contributed by atoms with van der Waals surface area (Å²) >= 11 is 1.53. The Morgan fingerprint density at radius 3 is 2.63 bits per heavy atom. The number of hydrogen-bond acceptors (Lipinski definition) is 6. The number of hydrogen-bond donors (Lipinski definition) is 0. The molecule has 0 N–H and O–H groups in total. The van der Waals surface area contributed by atoms with E-state index in [-0.39, 0.29) is 5.69 Å². The minimum Gasteiger partial charge on any atom is -0.539 e. The highest BCUT2D eigenvalue weighted by molar-refractivity contribution is 7.99. The van der Waals surface area contributed by atoms with Crippen molar-refractivity contribution in [1.82, 2.24) is 5.27 Å². The van der Waals surface area contributed by atoms with E-state index in [1.165, 1.54) is 28.6 Å². The Labute approximate surface area is 113 Å². The van der Waals surface area contributed by atoms with Crippen molar-refractivity contribution in [3.63, 3.8) is 0 Å². The second kappa shape index (κ2) is 5.70. The minimum atomic E-state index is -0.432. The van der Waals surface area contributed by atoms with Crippen molar-refractivity contribution in [3.8, 4) is 5.95 Å². The average molecular weight is 281 g/mol. The van der Waals surface area contributed by atoms with Gasteiger partial charge in [-0.15, -0.1) is 11.8 Å². The molecule has 0 aliphatic heterocycles. The first-order valence-corrected chi connectivity index (χ1v) is 6.47. The lowest BCUT2D eigenvalue weighted by Gasteiger charge is -1.98. The number of nitro groups is 1. The van der Waals surface area contributed by atoms with Gasteiger partial charge >= 0.3 is 0 Å². The van der Waals surface area contributed by atoms with E-state index in [1.807, 2.05) is 0 Å². The summed E-state index contributed by atoms with van der Waals surface area (Å²) in [6.45, 7) is 2.19. The first-order valence-electron chi connectivity index (χ1n) is 5.48. The molecule has 0 amide bonds. The molecule has 1 aromatic carbocycles. The molecular weight excluding hydrogens is 270 g/mol. The SMILES string of the molecule is Cc1c([O-])on[n+]1CCSc1ccc([N+](=O)[O-])cc1. The molecule has 2 rings (SSSR count). The summed E-state index contributed by atoms with van der Waals surface area (Å²) in [7, 11) is 0. The zero-order valence-electron chi connectivity index (χ0n) is 10.1. The maximum Gasteiger partial charge on any atom is 0.269 e. The monoisotopic (exact) mass is 281 g/mol. The van der Waals surface area contributed by atoms with Gasteiger partial charge in [0, 0.05) is 24.0 Å². The number of nitro benzene ring substituents is 1. The Hall–Kier alpha value is -2.09. The smallest absolute Gasteiger partial charge is 0.269 e. The molecule has 19 heavy (non-hydrogen) atoms. The van der Waals surface area contributed by atoms with Crippen LogP contribution >= 0.6 is 11.8 Å². The van der Waals surface area contributed by atoms with Gasteiger partial charge in [-0.05, 0) is 12.1 Å². The Balaban J connectivity index is 1.89. The van der Waals surface area contributed by atoms with Crippen LogP contribution in [0.25, 0.3) is 0 Å². The summed E-state index contributed by atoms with van der Waals surface area (Å²) in [5, 5.41) is 25.2. The van der Waals surface area contributed by atoms with Crippen LogP contribution in [0.1, 0.15) is 5.69 Å². The molecule has 0 saturated heterocycles. The highest BCUT2D eigenvalue weighted by Gasteiger charge is 2.11. The fourth-order valence-corrected chi connectivity index (χ4v) is 2.27. The van der Waals surface area contributed by atoms with Gasteiger partial charge in [-0.25, -0.2) is 0 Å². The zero-order valence-corrected chi connectivity index (χ0v) is 10.9. The van der Waals surface area contributed by atoms with Crippen LogP contribution in [-0.2, 0) is 6.54 Å². The molecule has 7 nitrogen and oxygen atoms in total. The van der Waals surface area contributed by atoms with Gasteiger partial charge in [-0.3, -0.25) is 10.1 Å². The van der Waals surface area contributed by atoms with E-state index in [4.69, 9.17) is 0 Å². The van der Waals surface area contributed by atoms with Crippen LogP contribution in [0.15, 0.2) is 33.7 Å². The quantitative estimate of drug-likeness (QED) is 0.352. The van der Waals surface area contributed by atoms with Crippen LogP contribution in [0.3, 0.4) is 0 Å². The van der Waals surface area contributed by atoms with Crippen LogP contribution in [-0.4, -0.2) is 15.9 Å². The minimum absolute atomic E-state index is 0.0714. The molecule has 0 bridgehead atoms.